The summed E-state index contributed by atoms with van der Waals surface area (Å²) >= 11 is 0. The Bertz CT molecular complexity index is 526. The minimum absolute atomic E-state index is 0.127. The molecule has 1 amide bonds. The van der Waals surface area contributed by atoms with Gasteiger partial charge in [0.25, 0.3) is 0 Å². The van der Waals surface area contributed by atoms with Gasteiger partial charge in [0.15, 0.2) is 11.5 Å². The van der Waals surface area contributed by atoms with Crippen molar-refractivity contribution in [2.45, 2.75) is 0 Å². The van der Waals surface area contributed by atoms with Gasteiger partial charge in [-0.25, -0.2) is 15.0 Å². The molecule has 8 heteroatoms. The van der Waals surface area contributed by atoms with E-state index in [1.54, 1.807) is 7.11 Å². The predicted octanol–water partition coefficient (Wildman–Crippen LogP) is -0.473. The van der Waals surface area contributed by atoms with Gasteiger partial charge in [-0.3, -0.25) is 4.79 Å². The number of hydrogen-bond donors (Lipinski definition) is 3. The molecule has 0 fully saturated rings. The van der Waals surface area contributed by atoms with Crippen LogP contribution < -0.4 is 10.6 Å². The maximum atomic E-state index is 11.5. The first-order valence-electron chi connectivity index (χ1n) is 5.45. The van der Waals surface area contributed by atoms with Crippen LogP contribution in [0.2, 0.25) is 0 Å². The minimum Gasteiger partial charge on any atom is -0.383 e. The van der Waals surface area contributed by atoms with E-state index in [-0.39, 0.29) is 12.5 Å². The van der Waals surface area contributed by atoms with Gasteiger partial charge < -0.3 is 20.4 Å². The smallest absolute Gasteiger partial charge is 0.239 e. The Morgan fingerprint density at radius 3 is 3.17 bits per heavy atom. The average molecular weight is 250 g/mol. The fourth-order valence-corrected chi connectivity index (χ4v) is 1.42. The molecule has 0 radical (unpaired) electrons. The highest BCUT2D eigenvalue weighted by molar-refractivity contribution is 5.86. The Kier molecular flexibility index (Phi) is 4.02. The summed E-state index contributed by atoms with van der Waals surface area (Å²) in [5.41, 5.74) is 1.24. The number of fused-ring (bicyclic) bond motifs is 1. The number of nitrogens with one attached hydrogen (secondary N) is 3. The summed E-state index contributed by atoms with van der Waals surface area (Å²) in [6.07, 6.45) is 2.93. The molecule has 0 aromatic carbocycles. The molecule has 0 aliphatic heterocycles. The molecule has 0 bridgehead atoms. The molecule has 2 aromatic rings. The normalized spacial score (nSPS) is 10.5. The van der Waals surface area contributed by atoms with Gasteiger partial charge in [-0.1, -0.05) is 0 Å². The topological polar surface area (TPSA) is 105 Å². The zero-order valence-electron chi connectivity index (χ0n) is 9.93. The summed E-state index contributed by atoms with van der Waals surface area (Å²) in [6.45, 7) is 1.11. The molecular weight excluding hydrogens is 236 g/mol. The van der Waals surface area contributed by atoms with Gasteiger partial charge in [-0.2, -0.15) is 0 Å². The van der Waals surface area contributed by atoms with Crippen LogP contribution in [-0.4, -0.2) is 52.6 Å². The van der Waals surface area contributed by atoms with E-state index in [1.165, 1.54) is 12.7 Å². The third-order valence-corrected chi connectivity index (χ3v) is 2.27. The van der Waals surface area contributed by atoms with E-state index in [0.717, 1.165) is 0 Å². The van der Waals surface area contributed by atoms with Gasteiger partial charge in [-0.05, 0) is 0 Å². The molecule has 0 saturated carbocycles. The molecule has 2 heterocycles. The fourth-order valence-electron chi connectivity index (χ4n) is 1.42. The number of carbonyl (C=O) groups is 1. The van der Waals surface area contributed by atoms with Crippen LogP contribution in [-0.2, 0) is 9.53 Å². The van der Waals surface area contributed by atoms with E-state index >= 15 is 0 Å². The highest BCUT2D eigenvalue weighted by Crippen LogP contribution is 2.13. The van der Waals surface area contributed by atoms with Crippen LogP contribution in [0.1, 0.15) is 0 Å². The third kappa shape index (κ3) is 2.92. The summed E-state index contributed by atoms with van der Waals surface area (Å²) in [5.74, 6) is 0.428. The molecule has 3 N–H and O–H groups in total. The van der Waals surface area contributed by atoms with Crippen molar-refractivity contribution in [2.75, 3.05) is 32.1 Å². The molecule has 0 atom stereocenters. The van der Waals surface area contributed by atoms with Gasteiger partial charge in [0.05, 0.1) is 19.5 Å². The van der Waals surface area contributed by atoms with Gasteiger partial charge in [0.1, 0.15) is 11.8 Å². The second kappa shape index (κ2) is 5.92. The van der Waals surface area contributed by atoms with Crippen LogP contribution >= 0.6 is 0 Å². The number of ether oxygens (including phenoxy) is 1. The molecule has 0 spiro atoms. The molecular formula is C10H14N6O2. The Balaban J connectivity index is 1.90. The van der Waals surface area contributed by atoms with Gasteiger partial charge in [-0.15, -0.1) is 0 Å². The van der Waals surface area contributed by atoms with E-state index in [9.17, 15) is 4.79 Å². The number of hydrogen-bond acceptors (Lipinski definition) is 6. The number of carbonyl (C=O) groups excluding carboxylic acids is 1. The summed E-state index contributed by atoms with van der Waals surface area (Å²) < 4.78 is 4.83. The van der Waals surface area contributed by atoms with E-state index in [4.69, 9.17) is 4.74 Å². The zero-order chi connectivity index (χ0) is 12.8. The number of imidazole rings is 1. The highest BCUT2D eigenvalue weighted by Gasteiger charge is 2.06. The molecule has 0 saturated heterocycles. The highest BCUT2D eigenvalue weighted by atomic mass is 16.5. The van der Waals surface area contributed by atoms with Gasteiger partial charge >= 0.3 is 0 Å². The molecule has 18 heavy (non-hydrogen) atoms. The van der Waals surface area contributed by atoms with Crippen molar-refractivity contribution >= 4 is 22.9 Å². The van der Waals surface area contributed by atoms with Crippen molar-refractivity contribution in [1.82, 2.24) is 25.3 Å². The van der Waals surface area contributed by atoms with Gasteiger partial charge in [0, 0.05) is 13.7 Å². The number of aromatic nitrogens is 4. The number of methoxy groups -OCH3 is 1. The Morgan fingerprint density at radius 1 is 1.44 bits per heavy atom. The molecule has 2 aromatic heterocycles. The van der Waals surface area contributed by atoms with Crippen LogP contribution in [0, 0.1) is 0 Å². The first kappa shape index (κ1) is 12.2. The number of aromatic amines is 1. The van der Waals surface area contributed by atoms with Crippen LogP contribution in [0.4, 0.5) is 5.82 Å². The van der Waals surface area contributed by atoms with Crippen molar-refractivity contribution in [3.63, 3.8) is 0 Å². The number of rotatable bonds is 6. The molecule has 0 unspecified atom stereocenters. The molecule has 8 nitrogen and oxygen atoms in total. The maximum absolute atomic E-state index is 11.5. The lowest BCUT2D eigenvalue weighted by atomic mass is 10.4. The van der Waals surface area contributed by atoms with Crippen LogP contribution in [0.3, 0.4) is 0 Å². The van der Waals surface area contributed by atoms with Gasteiger partial charge in [0.2, 0.25) is 5.91 Å². The largest absolute Gasteiger partial charge is 0.383 e. The third-order valence-electron chi connectivity index (χ3n) is 2.27. The fraction of sp³-hybridized carbons (Fsp3) is 0.400. The average Bonchev–Trinajstić information content (AvgIpc) is 2.85. The summed E-state index contributed by atoms with van der Waals surface area (Å²) in [4.78, 5) is 26.4. The van der Waals surface area contributed by atoms with Crippen molar-refractivity contribution in [3.05, 3.63) is 12.7 Å². The summed E-state index contributed by atoms with van der Waals surface area (Å²) in [7, 11) is 1.58. The number of anilines is 1. The lowest BCUT2D eigenvalue weighted by molar-refractivity contribution is -0.119. The lowest BCUT2D eigenvalue weighted by Crippen LogP contribution is -2.32. The van der Waals surface area contributed by atoms with E-state index < -0.39 is 0 Å². The number of amides is 1. The minimum atomic E-state index is -0.127. The van der Waals surface area contributed by atoms with Crippen LogP contribution in [0.15, 0.2) is 12.7 Å². The van der Waals surface area contributed by atoms with Crippen LogP contribution in [0.5, 0.6) is 0 Å². The molecule has 96 valence electrons. The zero-order valence-corrected chi connectivity index (χ0v) is 9.93. The standard InChI is InChI=1S/C10H14N6O2/c1-18-3-2-11-7(17)4-12-9-8-10(14-5-13-8)16-6-15-9/h5-6H,2-4H2,1H3,(H,11,17)(H2,12,13,14,15,16). The first-order chi connectivity index (χ1) is 8.81. The second-order valence-electron chi connectivity index (χ2n) is 3.52. The predicted molar refractivity (Wildman–Crippen MR) is 65.1 cm³/mol. The Hall–Kier alpha value is -2.22. The van der Waals surface area contributed by atoms with E-state index in [1.807, 2.05) is 0 Å². The van der Waals surface area contributed by atoms with Crippen molar-refractivity contribution in [1.29, 1.82) is 0 Å². The van der Waals surface area contributed by atoms with E-state index in [0.29, 0.717) is 30.1 Å². The quantitative estimate of drug-likeness (QED) is 0.598. The molecule has 2 rings (SSSR count). The number of nitrogens with zero attached hydrogens (tertiary/aromatic N) is 3. The summed E-state index contributed by atoms with van der Waals surface area (Å²) in [6, 6.07) is 0. The monoisotopic (exact) mass is 250 g/mol. The van der Waals surface area contributed by atoms with E-state index in [2.05, 4.69) is 30.6 Å². The number of H-pyrrole nitrogens is 1. The molecule has 0 aliphatic rings. The SMILES string of the molecule is COCCNC(=O)CNc1ncnc2nc[nH]c12. The first-order valence-corrected chi connectivity index (χ1v) is 5.45. The van der Waals surface area contributed by atoms with Crippen LogP contribution in [0.25, 0.3) is 11.2 Å². The molecule has 0 aliphatic carbocycles. The van der Waals surface area contributed by atoms with Crippen molar-refractivity contribution in [3.8, 4) is 0 Å². The summed E-state index contributed by atoms with van der Waals surface area (Å²) in [5, 5.41) is 5.63. The lowest BCUT2D eigenvalue weighted by Gasteiger charge is -2.06. The Labute approximate surface area is 103 Å². The van der Waals surface area contributed by atoms with Crippen molar-refractivity contribution in [2.24, 2.45) is 0 Å². The Morgan fingerprint density at radius 2 is 2.33 bits per heavy atom. The van der Waals surface area contributed by atoms with Crippen molar-refractivity contribution < 1.29 is 9.53 Å². The maximum Gasteiger partial charge on any atom is 0.239 e. The second-order valence-corrected chi connectivity index (χ2v) is 3.52.